The second kappa shape index (κ2) is 8.55. The highest BCUT2D eigenvalue weighted by molar-refractivity contribution is 6.34. The number of aromatic nitrogens is 2. The van der Waals surface area contributed by atoms with Crippen LogP contribution in [0.5, 0.6) is 11.5 Å². The van der Waals surface area contributed by atoms with Gasteiger partial charge in [-0.15, -0.1) is 5.10 Å². The molecule has 8 heteroatoms. The number of benzene rings is 2. The molecule has 0 aliphatic rings. The van der Waals surface area contributed by atoms with Gasteiger partial charge < -0.3 is 13.9 Å². The Labute approximate surface area is 161 Å². The van der Waals surface area contributed by atoms with Crippen molar-refractivity contribution in [3.63, 3.8) is 0 Å². The molecule has 0 bridgehead atoms. The Morgan fingerprint density at radius 1 is 1.07 bits per heavy atom. The third kappa shape index (κ3) is 4.38. The van der Waals surface area contributed by atoms with Gasteiger partial charge in [0, 0.05) is 5.56 Å². The Hall–Kier alpha value is -3.06. The lowest BCUT2D eigenvalue weighted by Crippen LogP contribution is -2.12. The molecule has 0 spiro atoms. The molecule has 1 N–H and O–H groups in total. The Morgan fingerprint density at radius 2 is 1.81 bits per heavy atom. The van der Waals surface area contributed by atoms with Crippen LogP contribution in [0.25, 0.3) is 11.5 Å². The minimum atomic E-state index is -0.433. The zero-order chi connectivity index (χ0) is 19.2. The predicted octanol–water partition coefficient (Wildman–Crippen LogP) is 4.44. The van der Waals surface area contributed by atoms with Crippen LogP contribution < -0.4 is 14.8 Å². The summed E-state index contributed by atoms with van der Waals surface area (Å²) in [7, 11) is 0. The van der Waals surface area contributed by atoms with Gasteiger partial charge in [0.25, 0.3) is 5.91 Å². The lowest BCUT2D eigenvalue weighted by molar-refractivity contribution is 0.102. The maximum Gasteiger partial charge on any atom is 0.322 e. The molecule has 0 saturated carbocycles. The van der Waals surface area contributed by atoms with E-state index in [0.717, 1.165) is 0 Å². The van der Waals surface area contributed by atoms with E-state index in [-0.39, 0.29) is 11.9 Å². The van der Waals surface area contributed by atoms with Gasteiger partial charge in [0.2, 0.25) is 5.89 Å². The summed E-state index contributed by atoms with van der Waals surface area (Å²) in [5, 5.41) is 10.7. The Kier molecular flexibility index (Phi) is 5.93. The van der Waals surface area contributed by atoms with Gasteiger partial charge in [-0.1, -0.05) is 28.8 Å². The molecule has 0 aliphatic carbocycles. The molecule has 3 aromatic rings. The van der Waals surface area contributed by atoms with Gasteiger partial charge in [-0.25, -0.2) is 0 Å². The van der Waals surface area contributed by atoms with E-state index >= 15 is 0 Å². The molecular formula is C19H18ClN3O4. The average Bonchev–Trinajstić information content (AvgIpc) is 3.12. The van der Waals surface area contributed by atoms with Crippen LogP contribution in [-0.4, -0.2) is 29.3 Å². The lowest BCUT2D eigenvalue weighted by atomic mass is 10.2. The van der Waals surface area contributed by atoms with Crippen molar-refractivity contribution in [1.82, 2.24) is 10.2 Å². The van der Waals surface area contributed by atoms with Crippen molar-refractivity contribution >= 4 is 23.5 Å². The largest absolute Gasteiger partial charge is 0.490 e. The summed E-state index contributed by atoms with van der Waals surface area (Å²) in [6, 6.07) is 12.0. The Morgan fingerprint density at radius 3 is 2.56 bits per heavy atom. The van der Waals surface area contributed by atoms with Crippen molar-refractivity contribution in [3.05, 3.63) is 53.1 Å². The number of carbonyl (C=O) groups excluding carboxylic acids is 1. The summed E-state index contributed by atoms with van der Waals surface area (Å²) < 4.78 is 16.7. The third-order valence-electron chi connectivity index (χ3n) is 3.55. The highest BCUT2D eigenvalue weighted by Gasteiger charge is 2.16. The molecule has 27 heavy (non-hydrogen) atoms. The molecule has 3 rings (SSSR count). The second-order valence-electron chi connectivity index (χ2n) is 5.37. The van der Waals surface area contributed by atoms with Gasteiger partial charge in [-0.05, 0) is 44.2 Å². The number of nitrogens with zero attached hydrogens (tertiary/aromatic N) is 2. The van der Waals surface area contributed by atoms with Crippen molar-refractivity contribution in [1.29, 1.82) is 0 Å². The van der Waals surface area contributed by atoms with Crippen LogP contribution in [0.2, 0.25) is 5.02 Å². The summed E-state index contributed by atoms with van der Waals surface area (Å²) in [6.45, 7) is 4.80. The van der Waals surface area contributed by atoms with E-state index in [4.69, 9.17) is 25.5 Å². The number of halogens is 1. The molecule has 1 amide bonds. The van der Waals surface area contributed by atoms with E-state index in [1.807, 2.05) is 13.8 Å². The highest BCUT2D eigenvalue weighted by atomic mass is 35.5. The second-order valence-corrected chi connectivity index (χ2v) is 5.78. The predicted molar refractivity (Wildman–Crippen MR) is 101 cm³/mol. The molecule has 0 radical (unpaired) electrons. The van der Waals surface area contributed by atoms with Crippen LogP contribution >= 0.6 is 11.6 Å². The fourth-order valence-electron chi connectivity index (χ4n) is 2.38. The fourth-order valence-corrected chi connectivity index (χ4v) is 2.61. The molecule has 0 aliphatic heterocycles. The number of amides is 1. The lowest BCUT2D eigenvalue weighted by Gasteiger charge is -2.11. The molecule has 140 valence electrons. The van der Waals surface area contributed by atoms with Crippen molar-refractivity contribution in [2.45, 2.75) is 13.8 Å². The van der Waals surface area contributed by atoms with Crippen LogP contribution in [0, 0.1) is 0 Å². The number of ether oxygens (including phenoxy) is 2. The summed E-state index contributed by atoms with van der Waals surface area (Å²) >= 11 is 6.02. The molecular weight excluding hydrogens is 370 g/mol. The number of rotatable bonds is 7. The summed E-state index contributed by atoms with van der Waals surface area (Å²) in [5.74, 6) is 1.03. The fraction of sp³-hybridized carbons (Fsp3) is 0.211. The smallest absolute Gasteiger partial charge is 0.322 e. The molecule has 1 heterocycles. The van der Waals surface area contributed by atoms with Crippen LogP contribution in [0.1, 0.15) is 24.2 Å². The normalized spacial score (nSPS) is 10.5. The van der Waals surface area contributed by atoms with E-state index in [1.165, 1.54) is 0 Å². The Bertz CT molecular complexity index is 942. The molecule has 0 atom stereocenters. The standard InChI is InChI=1S/C19H18ClN3O4/c1-3-25-15-10-9-12(11-16(15)26-4-2)18-22-23-19(27-18)21-17(24)13-7-5-6-8-14(13)20/h5-11H,3-4H2,1-2H3,(H,21,23,24). The van der Waals surface area contributed by atoms with Crippen molar-refractivity contribution in [2.75, 3.05) is 18.5 Å². The van der Waals surface area contributed by atoms with E-state index in [2.05, 4.69) is 15.5 Å². The zero-order valence-corrected chi connectivity index (χ0v) is 15.6. The van der Waals surface area contributed by atoms with E-state index in [0.29, 0.717) is 40.9 Å². The molecule has 7 nitrogen and oxygen atoms in total. The van der Waals surface area contributed by atoms with Gasteiger partial charge in [0.15, 0.2) is 11.5 Å². The average molecular weight is 388 g/mol. The molecule has 0 unspecified atom stereocenters. The van der Waals surface area contributed by atoms with Gasteiger partial charge in [0.1, 0.15) is 0 Å². The van der Waals surface area contributed by atoms with Gasteiger partial charge in [-0.2, -0.15) is 0 Å². The molecule has 2 aromatic carbocycles. The van der Waals surface area contributed by atoms with Crippen molar-refractivity contribution in [2.24, 2.45) is 0 Å². The molecule has 0 fully saturated rings. The number of nitrogens with one attached hydrogen (secondary N) is 1. The Balaban J connectivity index is 1.80. The SMILES string of the molecule is CCOc1ccc(-c2nnc(NC(=O)c3ccccc3Cl)o2)cc1OCC. The first-order valence-corrected chi connectivity index (χ1v) is 8.79. The minimum absolute atomic E-state index is 0.0261. The zero-order valence-electron chi connectivity index (χ0n) is 14.9. The van der Waals surface area contributed by atoms with Gasteiger partial charge in [0.05, 0.1) is 23.8 Å². The topological polar surface area (TPSA) is 86.5 Å². The number of hydrogen-bond donors (Lipinski definition) is 1. The number of anilines is 1. The van der Waals surface area contributed by atoms with Crippen LogP contribution in [-0.2, 0) is 0 Å². The monoisotopic (exact) mass is 387 g/mol. The maximum atomic E-state index is 12.3. The third-order valence-corrected chi connectivity index (χ3v) is 3.88. The van der Waals surface area contributed by atoms with E-state index in [1.54, 1.807) is 42.5 Å². The van der Waals surface area contributed by atoms with Crippen LogP contribution in [0.3, 0.4) is 0 Å². The number of hydrogen-bond acceptors (Lipinski definition) is 6. The minimum Gasteiger partial charge on any atom is -0.490 e. The first-order chi connectivity index (χ1) is 13.1. The van der Waals surface area contributed by atoms with E-state index in [9.17, 15) is 4.79 Å². The van der Waals surface area contributed by atoms with Crippen molar-refractivity contribution in [3.8, 4) is 23.0 Å². The van der Waals surface area contributed by atoms with Crippen LogP contribution in [0.15, 0.2) is 46.9 Å². The van der Waals surface area contributed by atoms with E-state index < -0.39 is 5.91 Å². The van der Waals surface area contributed by atoms with Crippen LogP contribution in [0.4, 0.5) is 6.01 Å². The quantitative estimate of drug-likeness (QED) is 0.645. The number of carbonyl (C=O) groups is 1. The summed E-state index contributed by atoms with van der Waals surface area (Å²) in [6.07, 6.45) is 0. The van der Waals surface area contributed by atoms with Gasteiger partial charge >= 0.3 is 6.01 Å². The van der Waals surface area contributed by atoms with Gasteiger partial charge in [-0.3, -0.25) is 10.1 Å². The maximum absolute atomic E-state index is 12.3. The van der Waals surface area contributed by atoms with Crippen molar-refractivity contribution < 1.29 is 18.7 Å². The molecule has 0 saturated heterocycles. The molecule has 1 aromatic heterocycles. The first-order valence-electron chi connectivity index (χ1n) is 8.41. The first kappa shape index (κ1) is 18.7. The highest BCUT2D eigenvalue weighted by Crippen LogP contribution is 2.33. The summed E-state index contributed by atoms with van der Waals surface area (Å²) in [5.41, 5.74) is 0.964. The summed E-state index contributed by atoms with van der Waals surface area (Å²) in [4.78, 5) is 12.3.